The van der Waals surface area contributed by atoms with Crippen molar-refractivity contribution in [1.29, 1.82) is 0 Å². The van der Waals surface area contributed by atoms with Gasteiger partial charge in [-0.1, -0.05) is 48.5 Å². The van der Waals surface area contributed by atoms with E-state index < -0.39 is 5.97 Å². The van der Waals surface area contributed by atoms with Gasteiger partial charge in [0, 0.05) is 6.42 Å². The predicted octanol–water partition coefficient (Wildman–Crippen LogP) is 2.79. The second kappa shape index (κ2) is 7.08. The first-order valence-corrected chi connectivity index (χ1v) is 7.81. The minimum absolute atomic E-state index is 0.307. The molecule has 0 radical (unpaired) electrons. The highest BCUT2D eigenvalue weighted by molar-refractivity contribution is 6.02. The van der Waals surface area contributed by atoms with E-state index in [2.05, 4.69) is 5.10 Å². The lowest BCUT2D eigenvalue weighted by molar-refractivity contribution is -0.134. The zero-order valence-electron chi connectivity index (χ0n) is 13.4. The Morgan fingerprint density at radius 3 is 2.54 bits per heavy atom. The molecular formula is C19H18N2O3. The molecule has 1 aliphatic rings. The molecule has 0 bridgehead atoms. The molecule has 2 aromatic carbocycles. The van der Waals surface area contributed by atoms with E-state index in [1.54, 1.807) is 12.1 Å². The molecule has 0 aliphatic carbocycles. The number of aryl methyl sites for hydroxylation is 1. The molecule has 0 saturated heterocycles. The Bertz CT molecular complexity index is 784. The van der Waals surface area contributed by atoms with Gasteiger partial charge in [0.05, 0.1) is 17.8 Å². The van der Waals surface area contributed by atoms with E-state index in [0.717, 1.165) is 16.8 Å². The minimum Gasteiger partial charge on any atom is -0.452 e. The predicted molar refractivity (Wildman–Crippen MR) is 90.8 cm³/mol. The molecular weight excluding hydrogens is 304 g/mol. The second-order valence-electron chi connectivity index (χ2n) is 5.57. The lowest BCUT2D eigenvalue weighted by Crippen LogP contribution is -2.28. The number of ether oxygens (including phenoxy) is 1. The van der Waals surface area contributed by atoms with Crippen LogP contribution in [-0.2, 0) is 9.53 Å². The maximum atomic E-state index is 12.2. The number of esters is 1. The molecule has 0 N–H and O–H groups in total. The van der Waals surface area contributed by atoms with Gasteiger partial charge in [-0.15, -0.1) is 0 Å². The van der Waals surface area contributed by atoms with E-state index in [0.29, 0.717) is 18.5 Å². The lowest BCUT2D eigenvalue weighted by Gasteiger charge is -2.12. The first kappa shape index (κ1) is 15.9. The Labute approximate surface area is 140 Å². The smallest absolute Gasteiger partial charge is 0.338 e. The number of amides is 1. The Kier molecular flexibility index (Phi) is 4.70. The van der Waals surface area contributed by atoms with Gasteiger partial charge in [-0.2, -0.15) is 5.10 Å². The van der Waals surface area contributed by atoms with Gasteiger partial charge in [0.2, 0.25) is 0 Å². The largest absolute Gasteiger partial charge is 0.452 e. The molecule has 1 heterocycles. The molecule has 0 spiro atoms. The summed E-state index contributed by atoms with van der Waals surface area (Å²) < 4.78 is 5.12. The maximum Gasteiger partial charge on any atom is 0.338 e. The van der Waals surface area contributed by atoms with Gasteiger partial charge in [0.1, 0.15) is 0 Å². The number of rotatable bonds is 4. The monoisotopic (exact) mass is 322 g/mol. The molecule has 0 saturated carbocycles. The molecule has 5 nitrogen and oxygen atoms in total. The van der Waals surface area contributed by atoms with E-state index in [9.17, 15) is 9.59 Å². The number of nitrogens with zero attached hydrogens (tertiary/aromatic N) is 2. The molecule has 0 unspecified atom stereocenters. The van der Waals surface area contributed by atoms with Crippen LogP contribution in [0.4, 0.5) is 0 Å². The maximum absolute atomic E-state index is 12.2. The summed E-state index contributed by atoms with van der Waals surface area (Å²) in [5.41, 5.74) is 3.17. The summed E-state index contributed by atoms with van der Waals surface area (Å²) in [6.45, 7) is 2.03. The van der Waals surface area contributed by atoms with Crippen LogP contribution < -0.4 is 0 Å². The third kappa shape index (κ3) is 3.51. The fourth-order valence-electron chi connectivity index (χ4n) is 2.55. The van der Waals surface area contributed by atoms with E-state index in [4.69, 9.17) is 4.74 Å². The Morgan fingerprint density at radius 1 is 1.08 bits per heavy atom. The zero-order valence-corrected chi connectivity index (χ0v) is 13.4. The van der Waals surface area contributed by atoms with E-state index >= 15 is 0 Å². The fraction of sp³-hybridized carbons (Fsp3) is 0.211. The Morgan fingerprint density at radius 2 is 1.79 bits per heavy atom. The molecule has 1 amide bonds. The molecule has 0 atom stereocenters. The quantitative estimate of drug-likeness (QED) is 0.813. The van der Waals surface area contributed by atoms with E-state index in [1.807, 2.05) is 49.4 Å². The number of benzene rings is 2. The second-order valence-corrected chi connectivity index (χ2v) is 5.57. The number of carbonyl (C=O) groups is 2. The van der Waals surface area contributed by atoms with Crippen LogP contribution in [-0.4, -0.2) is 35.7 Å². The Balaban J connectivity index is 1.59. The molecule has 1 aliphatic heterocycles. The first-order chi connectivity index (χ1) is 11.6. The molecule has 122 valence electrons. The summed E-state index contributed by atoms with van der Waals surface area (Å²) in [6.07, 6.45) is 0.696. The topological polar surface area (TPSA) is 59.0 Å². The van der Waals surface area contributed by atoms with Crippen molar-refractivity contribution in [1.82, 2.24) is 5.01 Å². The summed E-state index contributed by atoms with van der Waals surface area (Å²) >= 11 is 0. The van der Waals surface area contributed by atoms with Crippen molar-refractivity contribution >= 4 is 17.6 Å². The third-order valence-corrected chi connectivity index (χ3v) is 3.89. The number of hydrazone groups is 1. The van der Waals surface area contributed by atoms with E-state index in [1.165, 1.54) is 5.01 Å². The highest BCUT2D eigenvalue weighted by atomic mass is 16.5. The van der Waals surface area contributed by atoms with Crippen molar-refractivity contribution in [3.05, 3.63) is 71.3 Å². The highest BCUT2D eigenvalue weighted by Crippen LogP contribution is 2.14. The highest BCUT2D eigenvalue weighted by Gasteiger charge is 2.22. The standard InChI is InChI=1S/C19H18N2O3/c1-14-7-5-6-10-16(14)19(23)24-13-18(22)21-12-11-17(20-21)15-8-3-2-4-9-15/h2-10H,11-13H2,1H3. The third-order valence-electron chi connectivity index (χ3n) is 3.89. The van der Waals surface area contributed by atoms with Crippen molar-refractivity contribution in [3.8, 4) is 0 Å². The first-order valence-electron chi connectivity index (χ1n) is 7.81. The average molecular weight is 322 g/mol. The van der Waals surface area contributed by atoms with Gasteiger partial charge in [-0.25, -0.2) is 9.80 Å². The Hall–Kier alpha value is -2.95. The summed E-state index contributed by atoms with van der Waals surface area (Å²) in [5.74, 6) is -0.809. The van der Waals surface area contributed by atoms with Crippen LogP contribution in [0.5, 0.6) is 0 Å². The van der Waals surface area contributed by atoms with E-state index in [-0.39, 0.29) is 12.5 Å². The van der Waals surface area contributed by atoms with Crippen LogP contribution in [0, 0.1) is 6.92 Å². The number of hydrogen-bond donors (Lipinski definition) is 0. The SMILES string of the molecule is Cc1ccccc1C(=O)OCC(=O)N1CCC(c2ccccc2)=N1. The van der Waals surface area contributed by atoms with Crippen molar-refractivity contribution in [2.45, 2.75) is 13.3 Å². The van der Waals surface area contributed by atoms with Gasteiger partial charge in [-0.3, -0.25) is 4.79 Å². The summed E-state index contributed by atoms with van der Waals surface area (Å²) in [4.78, 5) is 24.2. The molecule has 0 fully saturated rings. The molecule has 24 heavy (non-hydrogen) atoms. The van der Waals surface area contributed by atoms with Crippen molar-refractivity contribution in [2.24, 2.45) is 5.10 Å². The van der Waals surface area contributed by atoms with Crippen molar-refractivity contribution in [2.75, 3.05) is 13.2 Å². The molecule has 5 heteroatoms. The van der Waals surface area contributed by atoms with Crippen LogP contribution in [0.3, 0.4) is 0 Å². The van der Waals surface area contributed by atoms with Gasteiger partial charge in [0.15, 0.2) is 6.61 Å². The van der Waals surface area contributed by atoms with Gasteiger partial charge in [-0.05, 0) is 24.1 Å². The van der Waals surface area contributed by atoms with Crippen LogP contribution in [0.15, 0.2) is 59.7 Å². The van der Waals surface area contributed by atoms with Gasteiger partial charge in [0.25, 0.3) is 5.91 Å². The van der Waals surface area contributed by atoms with Crippen molar-refractivity contribution in [3.63, 3.8) is 0 Å². The molecule has 3 rings (SSSR count). The normalized spacial score (nSPS) is 13.5. The van der Waals surface area contributed by atoms with Crippen molar-refractivity contribution < 1.29 is 14.3 Å². The van der Waals surface area contributed by atoms with Crippen LogP contribution >= 0.6 is 0 Å². The van der Waals surface area contributed by atoms with Gasteiger partial charge < -0.3 is 4.74 Å². The number of carbonyl (C=O) groups excluding carboxylic acids is 2. The zero-order chi connectivity index (χ0) is 16.9. The van der Waals surface area contributed by atoms with Crippen LogP contribution in [0.1, 0.15) is 27.9 Å². The number of hydrogen-bond acceptors (Lipinski definition) is 4. The summed E-state index contributed by atoms with van der Waals surface area (Å²) in [7, 11) is 0. The fourth-order valence-corrected chi connectivity index (χ4v) is 2.55. The van der Waals surface area contributed by atoms with Crippen LogP contribution in [0.25, 0.3) is 0 Å². The van der Waals surface area contributed by atoms with Gasteiger partial charge >= 0.3 is 5.97 Å². The van der Waals surface area contributed by atoms with Crippen LogP contribution in [0.2, 0.25) is 0 Å². The average Bonchev–Trinajstić information content (AvgIpc) is 3.11. The molecule has 0 aromatic heterocycles. The minimum atomic E-state index is -0.493. The summed E-state index contributed by atoms with van der Waals surface area (Å²) in [5, 5.41) is 5.70. The molecule has 2 aromatic rings. The lowest BCUT2D eigenvalue weighted by atomic mass is 10.1. The summed E-state index contributed by atoms with van der Waals surface area (Å²) in [6, 6.07) is 16.9.